The van der Waals surface area contributed by atoms with Crippen LogP contribution in [-0.4, -0.2) is 19.2 Å². The van der Waals surface area contributed by atoms with Gasteiger partial charge in [0.25, 0.3) is 5.56 Å². The van der Waals surface area contributed by atoms with Gasteiger partial charge >= 0.3 is 0 Å². The van der Waals surface area contributed by atoms with E-state index < -0.39 is 0 Å². The van der Waals surface area contributed by atoms with Crippen molar-refractivity contribution in [1.82, 2.24) is 4.98 Å². The average Bonchev–Trinajstić information content (AvgIpc) is 2.47. The highest BCUT2D eigenvalue weighted by Crippen LogP contribution is 2.30. The van der Waals surface area contributed by atoms with Gasteiger partial charge in [0.2, 0.25) is 0 Å². The molecule has 0 radical (unpaired) electrons. The van der Waals surface area contributed by atoms with Gasteiger partial charge in [0.1, 0.15) is 0 Å². The van der Waals surface area contributed by atoms with E-state index in [4.69, 9.17) is 9.47 Å². The standard InChI is InChI=1S/C12H11NO3/c1-15-10-5-8-3-4-13-12(14)7-9(8)6-11(10)16-2/h3-7H,1-2H3. The van der Waals surface area contributed by atoms with Crippen LogP contribution in [0.3, 0.4) is 0 Å². The van der Waals surface area contributed by atoms with Gasteiger partial charge in [-0.15, -0.1) is 0 Å². The van der Waals surface area contributed by atoms with Crippen LogP contribution in [0.2, 0.25) is 0 Å². The molecule has 0 saturated heterocycles. The van der Waals surface area contributed by atoms with Crippen LogP contribution in [0.25, 0.3) is 10.8 Å². The number of fused-ring (bicyclic) bond motifs is 1. The number of ether oxygens (including phenoxy) is 2. The normalized spacial score (nSPS) is 10.1. The molecule has 0 aliphatic heterocycles. The molecule has 1 aromatic carbocycles. The second kappa shape index (κ2) is 4.18. The number of methoxy groups -OCH3 is 2. The molecule has 4 heteroatoms. The molecule has 0 atom stereocenters. The number of aromatic nitrogens is 1. The van der Waals surface area contributed by atoms with E-state index in [1.807, 2.05) is 6.07 Å². The van der Waals surface area contributed by atoms with Crippen molar-refractivity contribution in [2.75, 3.05) is 14.2 Å². The molecule has 0 amide bonds. The molecule has 0 fully saturated rings. The topological polar surface area (TPSA) is 48.4 Å². The molecule has 0 N–H and O–H groups in total. The minimum absolute atomic E-state index is 0.276. The van der Waals surface area contributed by atoms with Crippen LogP contribution in [0.15, 0.2) is 35.3 Å². The molecule has 1 aromatic heterocycles. The van der Waals surface area contributed by atoms with Crippen LogP contribution < -0.4 is 15.0 Å². The van der Waals surface area contributed by atoms with Crippen LogP contribution in [0.1, 0.15) is 0 Å². The number of hydrogen-bond acceptors (Lipinski definition) is 4. The molecule has 2 rings (SSSR count). The lowest BCUT2D eigenvalue weighted by Crippen LogP contribution is -1.97. The quantitative estimate of drug-likeness (QED) is 0.766. The van der Waals surface area contributed by atoms with Crippen molar-refractivity contribution in [2.45, 2.75) is 0 Å². The lowest BCUT2D eigenvalue weighted by Gasteiger charge is -2.07. The van der Waals surface area contributed by atoms with E-state index in [9.17, 15) is 4.79 Å². The van der Waals surface area contributed by atoms with Crippen molar-refractivity contribution >= 4 is 10.8 Å². The van der Waals surface area contributed by atoms with E-state index >= 15 is 0 Å². The fourth-order valence-corrected chi connectivity index (χ4v) is 1.54. The number of rotatable bonds is 2. The zero-order chi connectivity index (χ0) is 11.5. The fourth-order valence-electron chi connectivity index (χ4n) is 1.54. The SMILES string of the molecule is COc1cc2ccnc(=O)cc2cc1OC. The van der Waals surface area contributed by atoms with E-state index in [0.717, 1.165) is 10.8 Å². The number of hydrogen-bond donors (Lipinski definition) is 0. The summed E-state index contributed by atoms with van der Waals surface area (Å²) in [6.07, 6.45) is 1.48. The van der Waals surface area contributed by atoms with Crippen LogP contribution >= 0.6 is 0 Å². The first-order valence-electron chi connectivity index (χ1n) is 4.76. The van der Waals surface area contributed by atoms with E-state index in [-0.39, 0.29) is 5.56 Å². The summed E-state index contributed by atoms with van der Waals surface area (Å²) in [5, 5.41) is 1.66. The van der Waals surface area contributed by atoms with Crippen LogP contribution in [-0.2, 0) is 0 Å². The second-order valence-electron chi connectivity index (χ2n) is 3.26. The van der Waals surface area contributed by atoms with Gasteiger partial charge in [-0.05, 0) is 29.0 Å². The van der Waals surface area contributed by atoms with Gasteiger partial charge < -0.3 is 9.47 Å². The van der Waals surface area contributed by atoms with Gasteiger partial charge in [0, 0.05) is 12.3 Å². The number of benzene rings is 1. The molecule has 0 aliphatic carbocycles. The van der Waals surface area contributed by atoms with E-state index in [0.29, 0.717) is 11.5 Å². The third-order valence-corrected chi connectivity index (χ3v) is 2.32. The van der Waals surface area contributed by atoms with Gasteiger partial charge in [-0.2, -0.15) is 0 Å². The van der Waals surface area contributed by atoms with Crippen molar-refractivity contribution in [3.05, 3.63) is 40.8 Å². The van der Waals surface area contributed by atoms with Gasteiger partial charge in [0.05, 0.1) is 14.2 Å². The maximum absolute atomic E-state index is 11.3. The molecule has 0 spiro atoms. The third-order valence-electron chi connectivity index (χ3n) is 2.32. The maximum atomic E-state index is 11.3. The first-order chi connectivity index (χ1) is 7.74. The largest absolute Gasteiger partial charge is 0.493 e. The third kappa shape index (κ3) is 1.82. The Labute approximate surface area is 92.5 Å². The van der Waals surface area contributed by atoms with E-state index in [1.54, 1.807) is 26.4 Å². The first kappa shape index (κ1) is 10.4. The van der Waals surface area contributed by atoms with E-state index in [1.165, 1.54) is 12.3 Å². The highest BCUT2D eigenvalue weighted by atomic mass is 16.5. The first-order valence-corrected chi connectivity index (χ1v) is 4.76. The van der Waals surface area contributed by atoms with Crippen molar-refractivity contribution in [3.63, 3.8) is 0 Å². The molecule has 0 aliphatic rings. The summed E-state index contributed by atoms with van der Waals surface area (Å²) >= 11 is 0. The van der Waals surface area contributed by atoms with Crippen LogP contribution in [0, 0.1) is 0 Å². The minimum atomic E-state index is -0.276. The summed E-state index contributed by atoms with van der Waals surface area (Å²) < 4.78 is 10.3. The van der Waals surface area contributed by atoms with Crippen molar-refractivity contribution in [2.24, 2.45) is 0 Å². The second-order valence-corrected chi connectivity index (χ2v) is 3.26. The molecular formula is C12H11NO3. The van der Waals surface area contributed by atoms with E-state index in [2.05, 4.69) is 4.98 Å². The highest BCUT2D eigenvalue weighted by molar-refractivity contribution is 5.85. The zero-order valence-corrected chi connectivity index (χ0v) is 9.06. The van der Waals surface area contributed by atoms with Crippen molar-refractivity contribution in [1.29, 1.82) is 0 Å². The molecule has 0 unspecified atom stereocenters. The predicted molar refractivity (Wildman–Crippen MR) is 61.1 cm³/mol. The van der Waals surface area contributed by atoms with Gasteiger partial charge in [-0.25, -0.2) is 4.98 Å². The Morgan fingerprint density at radius 1 is 1.00 bits per heavy atom. The lowest BCUT2D eigenvalue weighted by atomic mass is 10.1. The molecule has 4 nitrogen and oxygen atoms in total. The Morgan fingerprint density at radius 3 is 2.25 bits per heavy atom. The summed E-state index contributed by atoms with van der Waals surface area (Å²) in [5.41, 5.74) is -0.276. The summed E-state index contributed by atoms with van der Waals surface area (Å²) in [7, 11) is 3.13. The Kier molecular flexibility index (Phi) is 2.72. The molecule has 0 bridgehead atoms. The number of nitrogens with zero attached hydrogens (tertiary/aromatic N) is 1. The maximum Gasteiger partial charge on any atom is 0.270 e. The van der Waals surface area contributed by atoms with Gasteiger partial charge in [0.15, 0.2) is 11.5 Å². The lowest BCUT2D eigenvalue weighted by molar-refractivity contribution is 0.356. The molecule has 0 saturated carbocycles. The van der Waals surface area contributed by atoms with Gasteiger partial charge in [-0.3, -0.25) is 4.79 Å². The highest BCUT2D eigenvalue weighted by Gasteiger charge is 2.05. The summed E-state index contributed by atoms with van der Waals surface area (Å²) in [5.74, 6) is 1.23. The summed E-state index contributed by atoms with van der Waals surface area (Å²) in [6.45, 7) is 0. The smallest absolute Gasteiger partial charge is 0.270 e. The molecular weight excluding hydrogens is 206 g/mol. The Balaban J connectivity index is 2.82. The monoisotopic (exact) mass is 217 g/mol. The molecule has 1 heterocycles. The Hall–Kier alpha value is -2.10. The summed E-state index contributed by atoms with van der Waals surface area (Å²) in [4.78, 5) is 14.9. The molecule has 16 heavy (non-hydrogen) atoms. The molecule has 2 aromatic rings. The van der Waals surface area contributed by atoms with Crippen molar-refractivity contribution in [3.8, 4) is 11.5 Å². The average molecular weight is 217 g/mol. The minimum Gasteiger partial charge on any atom is -0.493 e. The van der Waals surface area contributed by atoms with Gasteiger partial charge in [-0.1, -0.05) is 0 Å². The zero-order valence-electron chi connectivity index (χ0n) is 9.06. The molecule has 82 valence electrons. The van der Waals surface area contributed by atoms with Crippen LogP contribution in [0.4, 0.5) is 0 Å². The fraction of sp³-hybridized carbons (Fsp3) is 0.167. The Bertz CT molecular complexity index is 581. The summed E-state index contributed by atoms with van der Waals surface area (Å²) in [6, 6.07) is 6.81. The van der Waals surface area contributed by atoms with Crippen molar-refractivity contribution < 1.29 is 9.47 Å². The predicted octanol–water partition coefficient (Wildman–Crippen LogP) is 1.61. The Morgan fingerprint density at radius 2 is 1.62 bits per heavy atom. The van der Waals surface area contributed by atoms with Crippen LogP contribution in [0.5, 0.6) is 11.5 Å².